The topological polar surface area (TPSA) is 26.0 Å². The lowest BCUT2D eigenvalue weighted by Gasteiger charge is -1.61. The van der Waals surface area contributed by atoms with Gasteiger partial charge >= 0.3 is 0 Å². The van der Waals surface area contributed by atoms with Crippen molar-refractivity contribution in [1.82, 2.24) is 0 Å². The first-order valence-corrected chi connectivity index (χ1v) is 1.93. The molecule has 0 saturated heterocycles. The van der Waals surface area contributed by atoms with Crippen molar-refractivity contribution in [2.75, 3.05) is 6.54 Å². The van der Waals surface area contributed by atoms with E-state index in [0.717, 1.165) is 0 Å². The zero-order valence-electron chi connectivity index (χ0n) is 4.28. The fourth-order valence-corrected chi connectivity index (χ4v) is 0. The lowest BCUT2D eigenvalue weighted by molar-refractivity contribution is 1.26. The Bertz CT molecular complexity index is 17.9. The van der Waals surface area contributed by atoms with Gasteiger partial charge in [0.25, 0.3) is 0 Å². The summed E-state index contributed by atoms with van der Waals surface area (Å²) in [6.45, 7) is 8.94. The molecule has 1 radical (unpaired) electrons. The minimum Gasteiger partial charge on any atom is -0.327 e. The van der Waals surface area contributed by atoms with Gasteiger partial charge in [0, 0.05) is 6.54 Å². The first-order chi connectivity index (χ1) is 2.91. The van der Waals surface area contributed by atoms with Crippen LogP contribution in [0.4, 0.5) is 0 Å². The first kappa shape index (κ1) is 9.20. The zero-order chi connectivity index (χ0) is 5.41. The van der Waals surface area contributed by atoms with Gasteiger partial charge in [-0.15, -0.1) is 6.58 Å². The van der Waals surface area contributed by atoms with E-state index in [4.69, 9.17) is 5.73 Å². The van der Waals surface area contributed by atoms with Gasteiger partial charge in [-0.05, 0) is 0 Å². The molecule has 0 rings (SSSR count). The van der Waals surface area contributed by atoms with Crippen molar-refractivity contribution in [3.05, 3.63) is 19.6 Å². The van der Waals surface area contributed by atoms with Crippen LogP contribution in [0.2, 0.25) is 0 Å². The smallest absolute Gasteiger partial charge is 0.0104 e. The second-order valence-corrected chi connectivity index (χ2v) is 0.524. The van der Waals surface area contributed by atoms with Gasteiger partial charge in [0.15, 0.2) is 0 Å². The van der Waals surface area contributed by atoms with Gasteiger partial charge in [0.05, 0.1) is 0 Å². The Hall–Kier alpha value is -0.300. The van der Waals surface area contributed by atoms with Gasteiger partial charge in [-0.3, -0.25) is 0 Å². The molecule has 6 heavy (non-hydrogen) atoms. The summed E-state index contributed by atoms with van der Waals surface area (Å²) >= 11 is 0. The predicted molar refractivity (Wildman–Crippen MR) is 30.3 cm³/mol. The lowest BCUT2D eigenvalue weighted by Crippen LogP contribution is -1.90. The molecular formula is C5H12N. The summed E-state index contributed by atoms with van der Waals surface area (Å²) in [7, 11) is 0. The molecule has 0 fully saturated rings. The SMILES string of the molecule is C=CCN.[CH2]C. The summed E-state index contributed by atoms with van der Waals surface area (Å²) in [4.78, 5) is 0. The number of hydrogen-bond acceptors (Lipinski definition) is 1. The third-order valence-corrected chi connectivity index (χ3v) is 0.167. The molecule has 0 aromatic rings. The van der Waals surface area contributed by atoms with Crippen molar-refractivity contribution in [1.29, 1.82) is 0 Å². The lowest BCUT2D eigenvalue weighted by atomic mass is 10.7. The van der Waals surface area contributed by atoms with E-state index >= 15 is 0 Å². The maximum atomic E-state index is 4.91. The summed E-state index contributed by atoms with van der Waals surface area (Å²) in [6.07, 6.45) is 1.65. The van der Waals surface area contributed by atoms with Crippen molar-refractivity contribution in [2.24, 2.45) is 5.73 Å². The van der Waals surface area contributed by atoms with Crippen molar-refractivity contribution in [3.8, 4) is 0 Å². The molecule has 1 heteroatoms. The summed E-state index contributed by atoms with van der Waals surface area (Å²) in [5.41, 5.74) is 4.91. The van der Waals surface area contributed by atoms with Crippen LogP contribution < -0.4 is 5.73 Å². The molecule has 0 aliphatic carbocycles. The van der Waals surface area contributed by atoms with E-state index in [1.165, 1.54) is 0 Å². The van der Waals surface area contributed by atoms with Crippen LogP contribution >= 0.6 is 0 Å². The highest BCUT2D eigenvalue weighted by atomic mass is 14.5. The Morgan fingerprint density at radius 3 is 1.83 bits per heavy atom. The van der Waals surface area contributed by atoms with Crippen LogP contribution in [0.25, 0.3) is 0 Å². The minimum absolute atomic E-state index is 0.583. The summed E-state index contributed by atoms with van der Waals surface area (Å²) in [6, 6.07) is 0. The fourth-order valence-electron chi connectivity index (χ4n) is 0. The number of rotatable bonds is 1. The van der Waals surface area contributed by atoms with Gasteiger partial charge in [0.2, 0.25) is 0 Å². The van der Waals surface area contributed by atoms with Crippen molar-refractivity contribution in [2.45, 2.75) is 6.92 Å². The van der Waals surface area contributed by atoms with Crippen LogP contribution in [0.5, 0.6) is 0 Å². The van der Waals surface area contributed by atoms with Gasteiger partial charge in [-0.25, -0.2) is 0 Å². The summed E-state index contributed by atoms with van der Waals surface area (Å²) in [5, 5.41) is 0. The molecular weight excluding hydrogens is 74.1 g/mol. The van der Waals surface area contributed by atoms with Crippen LogP contribution in [0.3, 0.4) is 0 Å². The van der Waals surface area contributed by atoms with E-state index in [0.29, 0.717) is 6.54 Å². The molecule has 0 aromatic heterocycles. The Kier molecular flexibility index (Phi) is 34.1. The molecule has 0 aliphatic rings. The van der Waals surface area contributed by atoms with E-state index in [1.807, 2.05) is 0 Å². The monoisotopic (exact) mass is 86.1 g/mol. The van der Waals surface area contributed by atoms with Crippen LogP contribution in [0.15, 0.2) is 12.7 Å². The van der Waals surface area contributed by atoms with Gasteiger partial charge in [-0.2, -0.15) is 0 Å². The Balaban J connectivity index is 0. The second-order valence-electron chi connectivity index (χ2n) is 0.524. The molecule has 0 amide bonds. The Morgan fingerprint density at radius 1 is 1.67 bits per heavy atom. The average Bonchev–Trinajstić information content (AvgIpc) is 1.72. The largest absolute Gasteiger partial charge is 0.327 e. The molecule has 0 bridgehead atoms. The standard InChI is InChI=1S/C3H7N.C2H5/c1-2-3-4;1-2/h2H,1,3-4H2;1H2,2H3. The normalized spacial score (nSPS) is 5.17. The second kappa shape index (κ2) is 22.3. The zero-order valence-corrected chi connectivity index (χ0v) is 4.28. The predicted octanol–water partition coefficient (Wildman–Crippen LogP) is 0.971. The van der Waals surface area contributed by atoms with E-state index < -0.39 is 0 Å². The van der Waals surface area contributed by atoms with Gasteiger partial charge in [0.1, 0.15) is 0 Å². The van der Waals surface area contributed by atoms with Crippen LogP contribution in [-0.4, -0.2) is 6.54 Å². The number of nitrogens with two attached hydrogens (primary N) is 1. The maximum absolute atomic E-state index is 4.91. The van der Waals surface area contributed by atoms with E-state index in [-0.39, 0.29) is 0 Å². The summed E-state index contributed by atoms with van der Waals surface area (Å²) < 4.78 is 0. The molecule has 0 heterocycles. The van der Waals surface area contributed by atoms with Gasteiger partial charge in [-0.1, -0.05) is 19.9 Å². The van der Waals surface area contributed by atoms with Gasteiger partial charge < -0.3 is 5.73 Å². The minimum atomic E-state index is 0.583. The third-order valence-electron chi connectivity index (χ3n) is 0.167. The summed E-state index contributed by atoms with van der Waals surface area (Å²) in [5.74, 6) is 0. The van der Waals surface area contributed by atoms with Crippen molar-refractivity contribution >= 4 is 0 Å². The molecule has 0 aromatic carbocycles. The molecule has 2 N–H and O–H groups in total. The molecule has 0 spiro atoms. The average molecular weight is 86.2 g/mol. The molecule has 37 valence electrons. The quantitative estimate of drug-likeness (QED) is 0.473. The van der Waals surface area contributed by atoms with E-state index in [9.17, 15) is 0 Å². The Morgan fingerprint density at radius 2 is 1.83 bits per heavy atom. The van der Waals surface area contributed by atoms with E-state index in [2.05, 4.69) is 13.5 Å². The van der Waals surface area contributed by atoms with Crippen LogP contribution in [0, 0.1) is 6.92 Å². The van der Waals surface area contributed by atoms with Crippen molar-refractivity contribution < 1.29 is 0 Å². The third kappa shape index (κ3) is 55.0. The fraction of sp³-hybridized carbons (Fsp3) is 0.400. The maximum Gasteiger partial charge on any atom is 0.0104 e. The van der Waals surface area contributed by atoms with Crippen LogP contribution in [-0.2, 0) is 0 Å². The highest BCUT2D eigenvalue weighted by Crippen LogP contribution is 1.40. The first-order valence-electron chi connectivity index (χ1n) is 1.93. The number of hydrogen-bond donors (Lipinski definition) is 1. The molecule has 1 nitrogen and oxygen atoms in total. The highest BCUT2D eigenvalue weighted by molar-refractivity contribution is 4.64. The van der Waals surface area contributed by atoms with E-state index in [1.54, 1.807) is 13.0 Å². The Labute approximate surface area is 39.9 Å². The molecule has 0 atom stereocenters. The van der Waals surface area contributed by atoms with Crippen molar-refractivity contribution in [3.63, 3.8) is 0 Å². The highest BCUT2D eigenvalue weighted by Gasteiger charge is 1.43. The van der Waals surface area contributed by atoms with Crippen LogP contribution in [0.1, 0.15) is 6.92 Å². The molecule has 0 saturated carbocycles. The molecule has 0 unspecified atom stereocenters. The molecule has 0 aliphatic heterocycles.